The first-order valence-corrected chi connectivity index (χ1v) is 8.82. The minimum Gasteiger partial charge on any atom is -0.504 e. The van der Waals surface area contributed by atoms with E-state index in [1.165, 1.54) is 38.3 Å². The van der Waals surface area contributed by atoms with Gasteiger partial charge in [0.25, 0.3) is 5.91 Å². The van der Waals surface area contributed by atoms with E-state index in [-0.39, 0.29) is 22.2 Å². The number of carbonyl (C=O) groups excluding carboxylic acids is 2. The summed E-state index contributed by atoms with van der Waals surface area (Å²) in [6, 6.07) is 6.85. The van der Waals surface area contributed by atoms with Crippen LogP contribution in [0.3, 0.4) is 0 Å². The molecule has 0 heterocycles. The van der Waals surface area contributed by atoms with E-state index in [1.54, 1.807) is 0 Å². The summed E-state index contributed by atoms with van der Waals surface area (Å²) in [6.07, 6.45) is -3.49. The third-order valence-electron chi connectivity index (χ3n) is 3.83. The third kappa shape index (κ3) is 6.15. The molecule has 2 aromatic carbocycles. The molecule has 0 saturated heterocycles. The summed E-state index contributed by atoms with van der Waals surface area (Å²) in [5, 5.41) is 11.6. The molecule has 0 radical (unpaired) electrons. The number of amides is 1. The number of ether oxygens (including phenoxy) is 2. The third-order valence-corrected chi connectivity index (χ3v) is 4.16. The smallest absolute Gasteiger partial charge is 0.416 e. The summed E-state index contributed by atoms with van der Waals surface area (Å²) in [7, 11) is 1.37. The van der Waals surface area contributed by atoms with Gasteiger partial charge in [-0.25, -0.2) is 4.79 Å². The lowest BCUT2D eigenvalue weighted by Gasteiger charge is -2.15. The zero-order valence-electron chi connectivity index (χ0n) is 15.8. The molecule has 1 unspecified atom stereocenters. The first-order valence-electron chi connectivity index (χ1n) is 8.44. The zero-order chi connectivity index (χ0) is 22.5. The maximum atomic E-state index is 12.8. The second kappa shape index (κ2) is 9.53. The zero-order valence-corrected chi connectivity index (χ0v) is 16.5. The molecule has 0 bridgehead atoms. The van der Waals surface area contributed by atoms with Crippen molar-refractivity contribution >= 4 is 35.2 Å². The number of rotatable bonds is 6. The van der Waals surface area contributed by atoms with Crippen LogP contribution in [0.15, 0.2) is 42.5 Å². The fourth-order valence-electron chi connectivity index (χ4n) is 2.26. The number of alkyl halides is 3. The van der Waals surface area contributed by atoms with Crippen LogP contribution in [0.1, 0.15) is 18.1 Å². The van der Waals surface area contributed by atoms with Crippen molar-refractivity contribution in [2.24, 2.45) is 0 Å². The van der Waals surface area contributed by atoms with E-state index in [4.69, 9.17) is 21.1 Å². The van der Waals surface area contributed by atoms with Gasteiger partial charge in [-0.05, 0) is 48.9 Å². The van der Waals surface area contributed by atoms with E-state index in [0.29, 0.717) is 11.6 Å². The Bertz CT molecular complexity index is 975. The van der Waals surface area contributed by atoms with Gasteiger partial charge in [0.2, 0.25) is 0 Å². The van der Waals surface area contributed by atoms with Crippen LogP contribution in [0.4, 0.5) is 18.9 Å². The van der Waals surface area contributed by atoms with Crippen molar-refractivity contribution in [1.82, 2.24) is 0 Å². The highest BCUT2D eigenvalue weighted by Gasteiger charge is 2.31. The molecule has 0 aliphatic rings. The molecule has 0 spiro atoms. The Morgan fingerprint density at radius 2 is 1.90 bits per heavy atom. The SMILES string of the molecule is COc1cc(C=CC(=O)OC(C)C(=O)Nc2cc(C(F)(F)F)ccc2Cl)ccc1O. The summed E-state index contributed by atoms with van der Waals surface area (Å²) in [5.41, 5.74) is -0.723. The molecule has 10 heteroatoms. The molecular formula is C20H17ClF3NO5. The molecule has 30 heavy (non-hydrogen) atoms. The van der Waals surface area contributed by atoms with E-state index < -0.39 is 29.7 Å². The molecule has 6 nitrogen and oxygen atoms in total. The van der Waals surface area contributed by atoms with E-state index in [9.17, 15) is 27.9 Å². The number of benzene rings is 2. The van der Waals surface area contributed by atoms with Gasteiger partial charge < -0.3 is 19.9 Å². The summed E-state index contributed by atoms with van der Waals surface area (Å²) < 4.78 is 48.3. The molecule has 160 valence electrons. The number of anilines is 1. The number of esters is 1. The number of methoxy groups -OCH3 is 1. The van der Waals surface area contributed by atoms with Crippen molar-refractivity contribution in [3.63, 3.8) is 0 Å². The first-order chi connectivity index (χ1) is 14.0. The fraction of sp³-hybridized carbons (Fsp3) is 0.200. The van der Waals surface area contributed by atoms with E-state index in [1.807, 2.05) is 0 Å². The standard InChI is InChI=1S/C20H17ClF3NO5/c1-11(19(28)25-15-10-13(20(22,23)24)5-6-14(15)21)30-18(27)8-4-12-3-7-16(26)17(9-12)29-2/h3-11,26H,1-2H3,(H,25,28). The van der Waals surface area contributed by atoms with Crippen LogP contribution in [-0.2, 0) is 20.5 Å². The maximum absolute atomic E-state index is 12.8. The minimum absolute atomic E-state index is 0.0734. The largest absolute Gasteiger partial charge is 0.504 e. The Hall–Kier alpha value is -3.20. The van der Waals surface area contributed by atoms with Crippen molar-refractivity contribution in [2.75, 3.05) is 12.4 Å². The lowest BCUT2D eigenvalue weighted by Crippen LogP contribution is -2.29. The number of carbonyl (C=O) groups is 2. The Balaban J connectivity index is 2.01. The predicted octanol–water partition coefficient (Wildman–Crippen LogP) is 4.66. The fourth-order valence-corrected chi connectivity index (χ4v) is 2.43. The molecule has 2 aromatic rings. The minimum atomic E-state index is -4.61. The average Bonchev–Trinajstić information content (AvgIpc) is 2.68. The molecule has 0 aromatic heterocycles. The van der Waals surface area contributed by atoms with Gasteiger partial charge in [-0.2, -0.15) is 13.2 Å². The summed E-state index contributed by atoms with van der Waals surface area (Å²) in [6.45, 7) is 1.26. The number of hydrogen-bond acceptors (Lipinski definition) is 5. The monoisotopic (exact) mass is 443 g/mol. The lowest BCUT2D eigenvalue weighted by molar-refractivity contribution is -0.148. The van der Waals surface area contributed by atoms with Crippen molar-refractivity contribution in [3.05, 3.63) is 58.6 Å². The average molecular weight is 444 g/mol. The number of phenolic OH excluding ortho intramolecular Hbond substituents is 1. The van der Waals surface area contributed by atoms with Crippen LogP contribution in [0, 0.1) is 0 Å². The van der Waals surface area contributed by atoms with Crippen molar-refractivity contribution in [1.29, 1.82) is 0 Å². The number of phenols is 1. The highest BCUT2D eigenvalue weighted by Crippen LogP contribution is 2.34. The lowest BCUT2D eigenvalue weighted by atomic mass is 10.2. The number of hydrogen-bond donors (Lipinski definition) is 2. The highest BCUT2D eigenvalue weighted by atomic mass is 35.5. The quantitative estimate of drug-likeness (QED) is 0.501. The summed E-state index contributed by atoms with van der Waals surface area (Å²) >= 11 is 5.83. The molecule has 1 atom stereocenters. The molecule has 1 amide bonds. The second-order valence-electron chi connectivity index (χ2n) is 6.03. The van der Waals surface area contributed by atoms with Gasteiger partial charge in [-0.3, -0.25) is 4.79 Å². The van der Waals surface area contributed by atoms with Crippen LogP contribution < -0.4 is 10.1 Å². The molecule has 2 rings (SSSR count). The summed E-state index contributed by atoms with van der Waals surface area (Å²) in [4.78, 5) is 24.1. The Morgan fingerprint density at radius 1 is 1.20 bits per heavy atom. The molecule has 2 N–H and O–H groups in total. The summed E-state index contributed by atoms with van der Waals surface area (Å²) in [5.74, 6) is -1.59. The van der Waals surface area contributed by atoms with Crippen LogP contribution in [0.2, 0.25) is 5.02 Å². The second-order valence-corrected chi connectivity index (χ2v) is 6.43. The van der Waals surface area contributed by atoms with Gasteiger partial charge in [0.15, 0.2) is 17.6 Å². The van der Waals surface area contributed by atoms with Crippen LogP contribution >= 0.6 is 11.6 Å². The molecule has 0 aliphatic heterocycles. The Kier molecular flexibility index (Phi) is 7.33. The van der Waals surface area contributed by atoms with Crippen LogP contribution in [0.25, 0.3) is 6.08 Å². The number of halogens is 4. The van der Waals surface area contributed by atoms with Gasteiger partial charge in [0, 0.05) is 6.08 Å². The molecule has 0 saturated carbocycles. The van der Waals surface area contributed by atoms with Crippen molar-refractivity contribution in [3.8, 4) is 11.5 Å². The topological polar surface area (TPSA) is 84.9 Å². The van der Waals surface area contributed by atoms with E-state index in [2.05, 4.69) is 5.32 Å². The van der Waals surface area contributed by atoms with Crippen molar-refractivity contribution < 1.29 is 37.3 Å². The molecule has 0 fully saturated rings. The predicted molar refractivity (Wildman–Crippen MR) is 104 cm³/mol. The van der Waals surface area contributed by atoms with Gasteiger partial charge in [-0.1, -0.05) is 17.7 Å². The molecular weight excluding hydrogens is 427 g/mol. The highest BCUT2D eigenvalue weighted by molar-refractivity contribution is 6.33. The number of aromatic hydroxyl groups is 1. The van der Waals surface area contributed by atoms with Gasteiger partial charge >= 0.3 is 12.1 Å². The van der Waals surface area contributed by atoms with Crippen LogP contribution in [0.5, 0.6) is 11.5 Å². The van der Waals surface area contributed by atoms with E-state index in [0.717, 1.165) is 18.2 Å². The molecule has 0 aliphatic carbocycles. The maximum Gasteiger partial charge on any atom is 0.416 e. The van der Waals surface area contributed by atoms with Gasteiger partial charge in [0.1, 0.15) is 0 Å². The Morgan fingerprint density at radius 3 is 2.53 bits per heavy atom. The van der Waals surface area contributed by atoms with Crippen LogP contribution in [-0.4, -0.2) is 30.2 Å². The Labute approximate surface area is 174 Å². The van der Waals surface area contributed by atoms with Crippen molar-refractivity contribution in [2.45, 2.75) is 19.2 Å². The number of nitrogens with one attached hydrogen (secondary N) is 1. The van der Waals surface area contributed by atoms with Gasteiger partial charge in [-0.15, -0.1) is 0 Å². The first kappa shape index (κ1) is 23.1. The van der Waals surface area contributed by atoms with E-state index >= 15 is 0 Å². The normalized spacial score (nSPS) is 12.5. The van der Waals surface area contributed by atoms with Gasteiger partial charge in [0.05, 0.1) is 23.4 Å².